The second-order valence-electron chi connectivity index (χ2n) is 3.86. The standard InChI is InChI=1S/C12H9Cl2N3O3/c13-9-5-15-17(12(20)11(9)14)6-10(19)16-7-1-3-8(18)4-2-7/h1-5,18H,6H2,(H,16,19). The first-order valence-corrected chi connectivity index (χ1v) is 6.23. The van der Waals surface area contributed by atoms with E-state index in [9.17, 15) is 9.59 Å². The Morgan fingerprint density at radius 1 is 1.30 bits per heavy atom. The van der Waals surface area contributed by atoms with Gasteiger partial charge in [-0.25, -0.2) is 4.68 Å². The Balaban J connectivity index is 2.11. The van der Waals surface area contributed by atoms with Gasteiger partial charge < -0.3 is 10.4 Å². The van der Waals surface area contributed by atoms with Gasteiger partial charge in [-0.15, -0.1) is 0 Å². The lowest BCUT2D eigenvalue weighted by Crippen LogP contribution is -2.29. The smallest absolute Gasteiger partial charge is 0.287 e. The van der Waals surface area contributed by atoms with Crippen molar-refractivity contribution >= 4 is 34.8 Å². The topological polar surface area (TPSA) is 84.2 Å². The maximum atomic E-state index is 11.8. The van der Waals surface area contributed by atoms with Gasteiger partial charge in [0.15, 0.2) is 0 Å². The zero-order chi connectivity index (χ0) is 14.7. The largest absolute Gasteiger partial charge is 0.508 e. The summed E-state index contributed by atoms with van der Waals surface area (Å²) in [5.74, 6) is -0.367. The summed E-state index contributed by atoms with van der Waals surface area (Å²) in [6, 6.07) is 5.91. The van der Waals surface area contributed by atoms with Crippen molar-refractivity contribution in [1.29, 1.82) is 0 Å². The first kappa shape index (κ1) is 14.4. The first-order valence-electron chi connectivity index (χ1n) is 5.47. The van der Waals surface area contributed by atoms with E-state index in [0.29, 0.717) is 5.69 Å². The van der Waals surface area contributed by atoms with Crippen LogP contribution in [0.25, 0.3) is 0 Å². The average Bonchev–Trinajstić information content (AvgIpc) is 2.42. The van der Waals surface area contributed by atoms with E-state index in [4.69, 9.17) is 28.3 Å². The molecule has 0 unspecified atom stereocenters. The number of rotatable bonds is 3. The summed E-state index contributed by atoms with van der Waals surface area (Å²) >= 11 is 11.3. The molecule has 104 valence electrons. The van der Waals surface area contributed by atoms with Gasteiger partial charge in [-0.3, -0.25) is 9.59 Å². The summed E-state index contributed by atoms with van der Waals surface area (Å²) in [7, 11) is 0. The number of hydrogen-bond donors (Lipinski definition) is 2. The number of benzene rings is 1. The number of hydrogen-bond acceptors (Lipinski definition) is 4. The number of aromatic hydroxyl groups is 1. The third kappa shape index (κ3) is 3.28. The fraction of sp³-hybridized carbons (Fsp3) is 0.0833. The number of phenolic OH excluding ortho intramolecular Hbond substituents is 1. The van der Waals surface area contributed by atoms with Crippen LogP contribution < -0.4 is 10.9 Å². The number of anilines is 1. The molecule has 2 rings (SSSR count). The molecule has 20 heavy (non-hydrogen) atoms. The third-order valence-electron chi connectivity index (χ3n) is 2.39. The number of phenols is 1. The van der Waals surface area contributed by atoms with Crippen LogP contribution >= 0.6 is 23.2 Å². The van der Waals surface area contributed by atoms with E-state index in [0.717, 1.165) is 4.68 Å². The molecule has 0 bridgehead atoms. The van der Waals surface area contributed by atoms with Crippen molar-refractivity contribution in [2.75, 3.05) is 5.32 Å². The molecule has 2 aromatic rings. The Morgan fingerprint density at radius 2 is 1.95 bits per heavy atom. The minimum atomic E-state index is -0.639. The lowest BCUT2D eigenvalue weighted by atomic mass is 10.3. The van der Waals surface area contributed by atoms with Gasteiger partial charge in [0.2, 0.25) is 5.91 Å². The number of nitrogens with zero attached hydrogens (tertiary/aromatic N) is 2. The van der Waals surface area contributed by atoms with Crippen LogP contribution in [0, 0.1) is 0 Å². The molecular weight excluding hydrogens is 305 g/mol. The second kappa shape index (κ2) is 5.94. The molecule has 0 aliphatic carbocycles. The minimum absolute atomic E-state index is 0.0341. The number of halogens is 2. The molecule has 1 amide bonds. The summed E-state index contributed by atoms with van der Waals surface area (Å²) in [6.07, 6.45) is 1.19. The highest BCUT2D eigenvalue weighted by Gasteiger charge is 2.11. The van der Waals surface area contributed by atoms with Crippen molar-refractivity contribution in [2.45, 2.75) is 6.54 Å². The Morgan fingerprint density at radius 3 is 2.60 bits per heavy atom. The number of nitrogens with one attached hydrogen (secondary N) is 1. The Labute approximate surface area is 123 Å². The SMILES string of the molecule is O=C(Cn1ncc(Cl)c(Cl)c1=O)Nc1ccc(O)cc1. The number of aromatic nitrogens is 2. The maximum absolute atomic E-state index is 11.8. The molecule has 0 aliphatic rings. The lowest BCUT2D eigenvalue weighted by Gasteiger charge is -2.07. The van der Waals surface area contributed by atoms with Gasteiger partial charge in [-0.2, -0.15) is 5.10 Å². The van der Waals surface area contributed by atoms with Gasteiger partial charge in [0.05, 0.1) is 11.2 Å². The monoisotopic (exact) mass is 313 g/mol. The summed E-state index contributed by atoms with van der Waals surface area (Å²) in [5.41, 5.74) is -0.152. The van der Waals surface area contributed by atoms with Crippen LogP contribution in [0.5, 0.6) is 5.75 Å². The molecule has 0 saturated heterocycles. The predicted octanol–water partition coefficient (Wildman–Crippen LogP) is 1.89. The van der Waals surface area contributed by atoms with Crippen molar-refractivity contribution in [3.8, 4) is 5.75 Å². The Kier molecular flexibility index (Phi) is 4.26. The van der Waals surface area contributed by atoms with Crippen LogP contribution in [-0.2, 0) is 11.3 Å². The molecule has 0 atom stereocenters. The second-order valence-corrected chi connectivity index (χ2v) is 4.65. The first-order chi connectivity index (χ1) is 9.47. The van der Waals surface area contributed by atoms with E-state index < -0.39 is 11.5 Å². The molecule has 0 spiro atoms. The molecule has 0 aliphatic heterocycles. The van der Waals surface area contributed by atoms with E-state index in [1.54, 1.807) is 0 Å². The molecule has 1 aromatic heterocycles. The van der Waals surface area contributed by atoms with Crippen LogP contribution in [0.2, 0.25) is 10.0 Å². The lowest BCUT2D eigenvalue weighted by molar-refractivity contribution is -0.117. The highest BCUT2D eigenvalue weighted by molar-refractivity contribution is 6.41. The van der Waals surface area contributed by atoms with Crippen LogP contribution in [0.1, 0.15) is 0 Å². The highest BCUT2D eigenvalue weighted by atomic mass is 35.5. The third-order valence-corrected chi connectivity index (χ3v) is 3.14. The zero-order valence-electron chi connectivity index (χ0n) is 10.0. The summed E-state index contributed by atoms with van der Waals surface area (Å²) < 4.78 is 0.907. The molecular formula is C12H9Cl2N3O3. The average molecular weight is 314 g/mol. The van der Waals surface area contributed by atoms with Crippen molar-refractivity contribution in [2.24, 2.45) is 0 Å². The van der Waals surface area contributed by atoms with Gasteiger partial charge in [-0.1, -0.05) is 23.2 Å². The van der Waals surface area contributed by atoms with E-state index in [-0.39, 0.29) is 22.3 Å². The van der Waals surface area contributed by atoms with Gasteiger partial charge in [0.1, 0.15) is 17.3 Å². The predicted molar refractivity (Wildman–Crippen MR) is 75.3 cm³/mol. The minimum Gasteiger partial charge on any atom is -0.508 e. The molecule has 6 nitrogen and oxygen atoms in total. The van der Waals surface area contributed by atoms with Crippen molar-refractivity contribution in [3.63, 3.8) is 0 Å². The van der Waals surface area contributed by atoms with E-state index in [1.165, 1.54) is 30.5 Å². The fourth-order valence-electron chi connectivity index (χ4n) is 1.44. The molecule has 1 aromatic carbocycles. The molecule has 0 saturated carbocycles. The van der Waals surface area contributed by atoms with Gasteiger partial charge >= 0.3 is 0 Å². The normalized spacial score (nSPS) is 10.3. The highest BCUT2D eigenvalue weighted by Crippen LogP contribution is 2.15. The summed E-state index contributed by atoms with van der Waals surface area (Å²) in [4.78, 5) is 23.5. The molecule has 8 heteroatoms. The van der Waals surface area contributed by atoms with Crippen LogP contribution in [0.4, 0.5) is 5.69 Å². The van der Waals surface area contributed by atoms with Crippen LogP contribution in [0.15, 0.2) is 35.3 Å². The molecule has 2 N–H and O–H groups in total. The van der Waals surface area contributed by atoms with Gasteiger partial charge in [-0.05, 0) is 24.3 Å². The summed E-state index contributed by atoms with van der Waals surface area (Å²) in [6.45, 7) is -0.295. The van der Waals surface area contributed by atoms with Gasteiger partial charge in [0.25, 0.3) is 5.56 Å². The molecule has 1 heterocycles. The molecule has 0 radical (unpaired) electrons. The van der Waals surface area contributed by atoms with E-state index in [2.05, 4.69) is 10.4 Å². The van der Waals surface area contributed by atoms with Crippen molar-refractivity contribution in [1.82, 2.24) is 9.78 Å². The van der Waals surface area contributed by atoms with E-state index in [1.807, 2.05) is 0 Å². The summed E-state index contributed by atoms with van der Waals surface area (Å²) in [5, 5.41) is 15.3. The molecule has 0 fully saturated rings. The van der Waals surface area contributed by atoms with Crippen LogP contribution in [-0.4, -0.2) is 20.8 Å². The quantitative estimate of drug-likeness (QED) is 0.848. The Bertz CT molecular complexity index is 698. The van der Waals surface area contributed by atoms with Crippen molar-refractivity contribution < 1.29 is 9.90 Å². The van der Waals surface area contributed by atoms with E-state index >= 15 is 0 Å². The van der Waals surface area contributed by atoms with Gasteiger partial charge in [0, 0.05) is 5.69 Å². The Hall–Kier alpha value is -2.05. The maximum Gasteiger partial charge on any atom is 0.287 e. The van der Waals surface area contributed by atoms with Crippen LogP contribution in [0.3, 0.4) is 0 Å². The zero-order valence-corrected chi connectivity index (χ0v) is 11.5. The fourth-order valence-corrected chi connectivity index (χ4v) is 1.71. The number of carbonyl (C=O) groups excluding carboxylic acids is 1. The number of carbonyl (C=O) groups is 1. The van der Waals surface area contributed by atoms with Crippen molar-refractivity contribution in [3.05, 3.63) is 50.9 Å². The number of amides is 1.